The van der Waals surface area contributed by atoms with Gasteiger partial charge in [-0.1, -0.05) is 189 Å². The fourth-order valence-electron chi connectivity index (χ4n) is 6.93. The summed E-state index contributed by atoms with van der Waals surface area (Å²) in [6.07, 6.45) is 65.6. The molecule has 0 aliphatic rings. The molecule has 0 fully saturated rings. The van der Waals surface area contributed by atoms with Gasteiger partial charge in [-0.2, -0.15) is 0 Å². The number of unbranched alkanes of at least 4 members (excludes halogenated alkanes) is 21. The molecule has 0 saturated heterocycles. The first kappa shape index (κ1) is 59.6. The Morgan fingerprint density at radius 2 is 0.619 bits per heavy atom. The first-order valence-corrected chi connectivity index (χ1v) is 26.1. The third kappa shape index (κ3) is 49.5. The maximum atomic E-state index is 12.8. The van der Waals surface area contributed by atoms with Gasteiger partial charge >= 0.3 is 17.9 Å². The van der Waals surface area contributed by atoms with Crippen molar-refractivity contribution in [1.82, 2.24) is 0 Å². The number of rotatable bonds is 46. The number of carbonyl (C=O) groups is 3. The number of ether oxygens (including phenoxy) is 3. The summed E-state index contributed by atoms with van der Waals surface area (Å²) < 4.78 is 16.8. The van der Waals surface area contributed by atoms with Gasteiger partial charge < -0.3 is 14.2 Å². The molecule has 63 heavy (non-hydrogen) atoms. The molecule has 360 valence electrons. The average Bonchev–Trinajstić information content (AvgIpc) is 3.28. The second-order valence-corrected chi connectivity index (χ2v) is 17.0. The average molecular weight is 877 g/mol. The lowest BCUT2D eigenvalue weighted by molar-refractivity contribution is -0.167. The van der Waals surface area contributed by atoms with Gasteiger partial charge in [0.2, 0.25) is 0 Å². The molecule has 0 aromatic carbocycles. The van der Waals surface area contributed by atoms with Gasteiger partial charge in [0.1, 0.15) is 13.2 Å². The molecule has 0 aromatic heterocycles. The lowest BCUT2D eigenvalue weighted by Crippen LogP contribution is -2.30. The van der Waals surface area contributed by atoms with Crippen LogP contribution in [0.5, 0.6) is 0 Å². The van der Waals surface area contributed by atoms with Gasteiger partial charge in [-0.25, -0.2) is 0 Å². The highest BCUT2D eigenvalue weighted by Gasteiger charge is 2.19. The molecule has 0 aromatic rings. The van der Waals surface area contributed by atoms with Crippen LogP contribution in [0.1, 0.15) is 239 Å². The Kier molecular flexibility index (Phi) is 48.5. The number of esters is 3. The van der Waals surface area contributed by atoms with Crippen LogP contribution in [0.15, 0.2) is 85.1 Å². The first-order valence-electron chi connectivity index (χ1n) is 26.1. The molecule has 0 saturated carbocycles. The highest BCUT2D eigenvalue weighted by molar-refractivity contribution is 5.71. The summed E-state index contributed by atoms with van der Waals surface area (Å²) in [7, 11) is 0. The van der Waals surface area contributed by atoms with Crippen molar-refractivity contribution in [3.05, 3.63) is 85.1 Å². The van der Waals surface area contributed by atoms with Crippen LogP contribution < -0.4 is 0 Å². The maximum Gasteiger partial charge on any atom is 0.306 e. The molecule has 0 N–H and O–H groups in total. The van der Waals surface area contributed by atoms with Gasteiger partial charge in [0.05, 0.1) is 0 Å². The molecule has 0 bridgehead atoms. The van der Waals surface area contributed by atoms with Gasteiger partial charge in [0, 0.05) is 19.3 Å². The predicted octanol–water partition coefficient (Wildman–Crippen LogP) is 17.2. The van der Waals surface area contributed by atoms with Gasteiger partial charge in [-0.3, -0.25) is 14.4 Å². The Labute approximate surface area is 388 Å². The summed E-state index contributed by atoms with van der Waals surface area (Å²) >= 11 is 0. The van der Waals surface area contributed by atoms with Crippen molar-refractivity contribution in [2.75, 3.05) is 13.2 Å². The van der Waals surface area contributed by atoms with E-state index in [4.69, 9.17) is 14.2 Å². The minimum atomic E-state index is -0.797. The zero-order valence-electron chi connectivity index (χ0n) is 41.1. The zero-order chi connectivity index (χ0) is 45.8. The molecule has 0 radical (unpaired) electrons. The van der Waals surface area contributed by atoms with Crippen LogP contribution in [0.4, 0.5) is 0 Å². The van der Waals surface area contributed by atoms with Gasteiger partial charge in [-0.15, -0.1) is 0 Å². The van der Waals surface area contributed by atoms with E-state index in [-0.39, 0.29) is 31.1 Å². The monoisotopic (exact) mass is 877 g/mol. The lowest BCUT2D eigenvalue weighted by atomic mass is 10.1. The summed E-state index contributed by atoms with van der Waals surface area (Å²) in [6, 6.07) is 0. The third-order valence-electron chi connectivity index (χ3n) is 10.9. The molecule has 0 heterocycles. The fourth-order valence-corrected chi connectivity index (χ4v) is 6.93. The second-order valence-electron chi connectivity index (χ2n) is 17.0. The predicted molar refractivity (Wildman–Crippen MR) is 270 cm³/mol. The van der Waals surface area contributed by atoms with Crippen LogP contribution in [-0.2, 0) is 28.6 Å². The summed E-state index contributed by atoms with van der Waals surface area (Å²) in [5.41, 5.74) is 0. The van der Waals surface area contributed by atoms with E-state index in [1.54, 1.807) is 0 Å². The van der Waals surface area contributed by atoms with E-state index < -0.39 is 6.10 Å². The Hall–Kier alpha value is -3.41. The minimum absolute atomic E-state index is 0.0959. The number of hydrogen-bond acceptors (Lipinski definition) is 6. The van der Waals surface area contributed by atoms with E-state index in [0.717, 1.165) is 148 Å². The van der Waals surface area contributed by atoms with E-state index in [0.29, 0.717) is 19.3 Å². The van der Waals surface area contributed by atoms with E-state index >= 15 is 0 Å². The van der Waals surface area contributed by atoms with Crippen molar-refractivity contribution < 1.29 is 28.6 Å². The molecule has 0 aliphatic heterocycles. The van der Waals surface area contributed by atoms with Crippen LogP contribution in [0.3, 0.4) is 0 Å². The van der Waals surface area contributed by atoms with E-state index in [9.17, 15) is 14.4 Å². The number of allylic oxidation sites excluding steroid dienone is 14. The molecule has 1 unspecified atom stereocenters. The molecule has 6 nitrogen and oxygen atoms in total. The molecule has 0 amide bonds. The minimum Gasteiger partial charge on any atom is -0.462 e. The second kappa shape index (κ2) is 51.2. The topological polar surface area (TPSA) is 78.9 Å². The summed E-state index contributed by atoms with van der Waals surface area (Å²) in [4.78, 5) is 38.0. The Balaban J connectivity index is 4.47. The first-order chi connectivity index (χ1) is 31.0. The fraction of sp³-hybridized carbons (Fsp3) is 0.702. The van der Waals surface area contributed by atoms with Crippen LogP contribution in [0, 0.1) is 0 Å². The van der Waals surface area contributed by atoms with Crippen molar-refractivity contribution in [3.8, 4) is 0 Å². The zero-order valence-corrected chi connectivity index (χ0v) is 41.1. The maximum absolute atomic E-state index is 12.8. The van der Waals surface area contributed by atoms with Crippen LogP contribution in [0.2, 0.25) is 0 Å². The lowest BCUT2D eigenvalue weighted by Gasteiger charge is -2.18. The largest absolute Gasteiger partial charge is 0.462 e. The van der Waals surface area contributed by atoms with E-state index in [1.807, 2.05) is 0 Å². The van der Waals surface area contributed by atoms with Gasteiger partial charge in [0.25, 0.3) is 0 Å². The Morgan fingerprint density at radius 1 is 0.333 bits per heavy atom. The Morgan fingerprint density at radius 3 is 0.968 bits per heavy atom. The number of hydrogen-bond donors (Lipinski definition) is 0. The molecule has 0 aliphatic carbocycles. The van der Waals surface area contributed by atoms with Crippen molar-refractivity contribution in [2.45, 2.75) is 245 Å². The van der Waals surface area contributed by atoms with Crippen molar-refractivity contribution in [1.29, 1.82) is 0 Å². The van der Waals surface area contributed by atoms with Crippen molar-refractivity contribution in [3.63, 3.8) is 0 Å². The van der Waals surface area contributed by atoms with Crippen LogP contribution in [-0.4, -0.2) is 37.2 Å². The highest BCUT2D eigenvalue weighted by Crippen LogP contribution is 2.13. The SMILES string of the molecule is CC/C=C\C/C=C\C/C=C\CCCCCCCC(=O)OCC(COC(=O)CCCCCCC/C=C\C/C=C\CCCCC)OC(=O)CCCCCCC/C=C\C/C=C\CCCCC. The van der Waals surface area contributed by atoms with Crippen LogP contribution in [0.25, 0.3) is 0 Å². The highest BCUT2D eigenvalue weighted by atomic mass is 16.6. The molecular formula is C57H96O6. The smallest absolute Gasteiger partial charge is 0.306 e. The van der Waals surface area contributed by atoms with Gasteiger partial charge in [0.15, 0.2) is 6.10 Å². The molecule has 6 heteroatoms. The quantitative estimate of drug-likeness (QED) is 0.0262. The standard InChI is InChI=1S/C57H96O6/c1-4-7-10-13-16-19-22-25-28-31-34-37-40-43-46-49-55(58)61-52-54(63-57(60)51-48-45-42-39-36-33-30-27-24-21-18-15-12-9-6-3)53-62-56(59)50-47-44-41-38-35-32-29-26-23-20-17-14-11-8-5-2/h7,10,16-21,25-30,54H,4-6,8-9,11-15,22-24,31-53H2,1-3H3/b10-7-,19-16-,20-17-,21-18-,28-25-,29-26-,30-27-. The van der Waals surface area contributed by atoms with E-state index in [1.165, 1.54) is 51.4 Å². The van der Waals surface area contributed by atoms with Crippen LogP contribution >= 0.6 is 0 Å². The van der Waals surface area contributed by atoms with Crippen molar-refractivity contribution in [2.24, 2.45) is 0 Å². The summed E-state index contributed by atoms with van der Waals surface area (Å²) in [5, 5.41) is 0. The molecule has 0 rings (SSSR count). The summed E-state index contributed by atoms with van der Waals surface area (Å²) in [5.74, 6) is -0.940. The molecule has 1 atom stereocenters. The van der Waals surface area contributed by atoms with Crippen molar-refractivity contribution >= 4 is 17.9 Å². The van der Waals surface area contributed by atoms with Gasteiger partial charge in [-0.05, 0) is 116 Å². The number of carbonyl (C=O) groups excluding carboxylic acids is 3. The Bertz CT molecular complexity index is 1240. The molecule has 0 spiro atoms. The third-order valence-corrected chi connectivity index (χ3v) is 10.9. The normalized spacial score (nSPS) is 12.7. The van der Waals surface area contributed by atoms with E-state index in [2.05, 4.69) is 106 Å². The molecular weight excluding hydrogens is 781 g/mol. The summed E-state index contributed by atoms with van der Waals surface area (Å²) in [6.45, 7) is 6.43.